The number of pyridine rings is 1. The van der Waals surface area contributed by atoms with E-state index in [1.165, 1.54) is 42.3 Å². The molecule has 2 atom stereocenters. The second-order valence-electron chi connectivity index (χ2n) is 6.26. The van der Waals surface area contributed by atoms with E-state index in [0.717, 1.165) is 18.0 Å². The monoisotopic (exact) mass is 271 g/mol. The van der Waals surface area contributed by atoms with Crippen molar-refractivity contribution in [1.29, 1.82) is 0 Å². The van der Waals surface area contributed by atoms with Crippen molar-refractivity contribution in [1.82, 2.24) is 9.97 Å². The summed E-state index contributed by atoms with van der Waals surface area (Å²) in [5.74, 6) is 0.852. The summed E-state index contributed by atoms with van der Waals surface area (Å²) in [6.45, 7) is 4.61. The van der Waals surface area contributed by atoms with E-state index in [1.54, 1.807) is 0 Å². The number of aromatic nitrogens is 2. The van der Waals surface area contributed by atoms with Crippen molar-refractivity contribution in [2.24, 2.45) is 5.92 Å². The van der Waals surface area contributed by atoms with Crippen molar-refractivity contribution in [2.75, 3.05) is 11.9 Å². The van der Waals surface area contributed by atoms with E-state index in [2.05, 4.69) is 41.8 Å². The summed E-state index contributed by atoms with van der Waals surface area (Å²) in [5, 5.41) is 1.27. The van der Waals surface area contributed by atoms with Crippen molar-refractivity contribution in [3.8, 4) is 0 Å². The highest BCUT2D eigenvalue weighted by Gasteiger charge is 2.25. The van der Waals surface area contributed by atoms with Crippen LogP contribution < -0.4 is 4.90 Å². The molecular weight excluding hydrogens is 246 g/mol. The highest BCUT2D eigenvalue weighted by molar-refractivity contribution is 5.91. The van der Waals surface area contributed by atoms with Crippen molar-refractivity contribution < 1.29 is 0 Å². The number of fused-ring (bicyclic) bond motifs is 1. The third kappa shape index (κ3) is 2.30. The van der Waals surface area contributed by atoms with E-state index >= 15 is 0 Å². The van der Waals surface area contributed by atoms with Gasteiger partial charge < -0.3 is 9.88 Å². The molecule has 2 heterocycles. The van der Waals surface area contributed by atoms with Crippen LogP contribution >= 0.6 is 0 Å². The Hall–Kier alpha value is -1.51. The molecule has 1 N–H and O–H groups in total. The number of anilines is 1. The molecule has 0 bridgehead atoms. The molecule has 0 aromatic carbocycles. The van der Waals surface area contributed by atoms with E-state index in [9.17, 15) is 0 Å². The molecule has 0 aliphatic heterocycles. The fourth-order valence-corrected chi connectivity index (χ4v) is 3.65. The first-order chi connectivity index (χ1) is 9.70. The van der Waals surface area contributed by atoms with Crippen LogP contribution in [0.25, 0.3) is 11.0 Å². The minimum atomic E-state index is 0.671. The van der Waals surface area contributed by atoms with Gasteiger partial charge in [0.15, 0.2) is 0 Å². The largest absolute Gasteiger partial charge is 0.371 e. The first-order valence-electron chi connectivity index (χ1n) is 7.88. The van der Waals surface area contributed by atoms with E-state index in [0.29, 0.717) is 6.04 Å². The van der Waals surface area contributed by atoms with Gasteiger partial charge in [-0.2, -0.15) is 0 Å². The molecular formula is C17H25N3. The van der Waals surface area contributed by atoms with Gasteiger partial charge in [0, 0.05) is 30.9 Å². The number of hydrogen-bond acceptors (Lipinski definition) is 2. The van der Waals surface area contributed by atoms with Gasteiger partial charge in [-0.1, -0.05) is 26.7 Å². The predicted molar refractivity (Wildman–Crippen MR) is 85.3 cm³/mol. The molecule has 3 heteroatoms. The summed E-state index contributed by atoms with van der Waals surface area (Å²) in [5.41, 5.74) is 3.75. The topological polar surface area (TPSA) is 31.9 Å². The standard InChI is InChI=1S/C17H25N3/c1-4-13-11-19-17-15(8-9-18-17)16(13)20(3)14-7-5-6-12(2)10-14/h8-9,11-12,14H,4-7,10H2,1-3H3,(H,18,19)/t12-,14-/m0/s1. The molecule has 0 saturated heterocycles. The molecule has 2 aromatic heterocycles. The number of aryl methyl sites for hydroxylation is 1. The lowest BCUT2D eigenvalue weighted by Crippen LogP contribution is -2.36. The first kappa shape index (κ1) is 13.5. The average molecular weight is 271 g/mol. The fourth-order valence-electron chi connectivity index (χ4n) is 3.65. The summed E-state index contributed by atoms with van der Waals surface area (Å²) in [4.78, 5) is 10.3. The lowest BCUT2D eigenvalue weighted by atomic mass is 9.86. The Kier molecular flexibility index (Phi) is 3.68. The van der Waals surface area contributed by atoms with Crippen molar-refractivity contribution in [2.45, 2.75) is 52.0 Å². The van der Waals surface area contributed by atoms with Crippen LogP contribution in [0, 0.1) is 5.92 Å². The van der Waals surface area contributed by atoms with Crippen molar-refractivity contribution in [3.63, 3.8) is 0 Å². The zero-order valence-electron chi connectivity index (χ0n) is 12.8. The molecule has 0 spiro atoms. The molecule has 1 aliphatic rings. The number of nitrogens with one attached hydrogen (secondary N) is 1. The maximum atomic E-state index is 4.53. The summed E-state index contributed by atoms with van der Waals surface area (Å²) in [7, 11) is 2.27. The van der Waals surface area contributed by atoms with Gasteiger partial charge in [0.05, 0.1) is 5.69 Å². The zero-order chi connectivity index (χ0) is 14.1. The van der Waals surface area contributed by atoms with Crippen molar-refractivity contribution >= 4 is 16.7 Å². The van der Waals surface area contributed by atoms with Gasteiger partial charge in [-0.25, -0.2) is 4.98 Å². The third-order valence-electron chi connectivity index (χ3n) is 4.82. The molecule has 3 rings (SSSR count). The Morgan fingerprint density at radius 1 is 1.40 bits per heavy atom. The SMILES string of the molecule is CCc1cnc2[nH]ccc2c1N(C)[C@H]1CCC[C@H](C)C1. The number of hydrogen-bond donors (Lipinski definition) is 1. The van der Waals surface area contributed by atoms with E-state index in [1.807, 2.05) is 12.4 Å². The van der Waals surface area contributed by atoms with Crippen LogP contribution in [-0.2, 0) is 6.42 Å². The van der Waals surface area contributed by atoms with Gasteiger partial charge in [-0.05, 0) is 36.8 Å². The Bertz CT molecular complexity index is 587. The van der Waals surface area contributed by atoms with Gasteiger partial charge >= 0.3 is 0 Å². The molecule has 3 nitrogen and oxygen atoms in total. The first-order valence-corrected chi connectivity index (χ1v) is 7.88. The van der Waals surface area contributed by atoms with Gasteiger partial charge in [-0.3, -0.25) is 0 Å². The minimum Gasteiger partial charge on any atom is -0.371 e. The smallest absolute Gasteiger partial charge is 0.139 e. The van der Waals surface area contributed by atoms with E-state index < -0.39 is 0 Å². The predicted octanol–water partition coefficient (Wildman–Crippen LogP) is 4.14. The molecule has 2 aromatic rings. The number of nitrogens with zero attached hydrogens (tertiary/aromatic N) is 2. The van der Waals surface area contributed by atoms with Crippen LogP contribution in [0.3, 0.4) is 0 Å². The van der Waals surface area contributed by atoms with Crippen LogP contribution in [0.1, 0.15) is 45.1 Å². The van der Waals surface area contributed by atoms with Gasteiger partial charge in [0.1, 0.15) is 5.65 Å². The highest BCUT2D eigenvalue weighted by atomic mass is 15.1. The third-order valence-corrected chi connectivity index (χ3v) is 4.82. The molecule has 0 unspecified atom stereocenters. The van der Waals surface area contributed by atoms with Crippen molar-refractivity contribution in [3.05, 3.63) is 24.0 Å². The maximum absolute atomic E-state index is 4.53. The highest BCUT2D eigenvalue weighted by Crippen LogP contribution is 2.35. The Labute approximate surface area is 121 Å². The zero-order valence-corrected chi connectivity index (χ0v) is 12.8. The van der Waals surface area contributed by atoms with Crippen LogP contribution in [0.15, 0.2) is 18.5 Å². The average Bonchev–Trinajstić information content (AvgIpc) is 2.93. The molecule has 0 amide bonds. The molecule has 0 radical (unpaired) electrons. The summed E-state index contributed by atoms with van der Waals surface area (Å²) >= 11 is 0. The second-order valence-corrected chi connectivity index (χ2v) is 6.26. The lowest BCUT2D eigenvalue weighted by Gasteiger charge is -2.36. The molecule has 20 heavy (non-hydrogen) atoms. The van der Waals surface area contributed by atoms with E-state index in [4.69, 9.17) is 0 Å². The molecule has 1 aliphatic carbocycles. The van der Waals surface area contributed by atoms with Gasteiger partial charge in [0.25, 0.3) is 0 Å². The summed E-state index contributed by atoms with van der Waals surface area (Å²) in [6.07, 6.45) is 10.5. The lowest BCUT2D eigenvalue weighted by molar-refractivity contribution is 0.336. The Morgan fingerprint density at radius 2 is 2.25 bits per heavy atom. The molecule has 1 saturated carbocycles. The van der Waals surface area contributed by atoms with Gasteiger partial charge in [0.2, 0.25) is 0 Å². The second kappa shape index (κ2) is 5.47. The fraction of sp³-hybridized carbons (Fsp3) is 0.588. The van der Waals surface area contributed by atoms with Crippen LogP contribution in [0.5, 0.6) is 0 Å². The maximum Gasteiger partial charge on any atom is 0.139 e. The quantitative estimate of drug-likeness (QED) is 0.909. The van der Waals surface area contributed by atoms with Crippen LogP contribution in [0.2, 0.25) is 0 Å². The number of rotatable bonds is 3. The Balaban J connectivity index is 2.00. The number of H-pyrrole nitrogens is 1. The summed E-state index contributed by atoms with van der Waals surface area (Å²) in [6, 6.07) is 2.84. The summed E-state index contributed by atoms with van der Waals surface area (Å²) < 4.78 is 0. The van der Waals surface area contributed by atoms with Crippen LogP contribution in [0.4, 0.5) is 5.69 Å². The normalized spacial score (nSPS) is 23.1. The van der Waals surface area contributed by atoms with Crippen LogP contribution in [-0.4, -0.2) is 23.1 Å². The van der Waals surface area contributed by atoms with E-state index in [-0.39, 0.29) is 0 Å². The molecule has 1 fully saturated rings. The number of aromatic amines is 1. The molecule has 108 valence electrons. The van der Waals surface area contributed by atoms with Gasteiger partial charge in [-0.15, -0.1) is 0 Å². The Morgan fingerprint density at radius 3 is 3.00 bits per heavy atom. The minimum absolute atomic E-state index is 0.671.